The van der Waals surface area contributed by atoms with Gasteiger partial charge in [-0.25, -0.2) is 4.98 Å². The monoisotopic (exact) mass is 319 g/mol. The zero-order valence-corrected chi connectivity index (χ0v) is 13.9. The lowest BCUT2D eigenvalue weighted by Gasteiger charge is -2.10. The van der Waals surface area contributed by atoms with E-state index in [-0.39, 0.29) is 11.9 Å². The molecular formula is C16H21N3O2S. The van der Waals surface area contributed by atoms with Crippen molar-refractivity contribution in [2.45, 2.75) is 26.3 Å². The van der Waals surface area contributed by atoms with E-state index >= 15 is 0 Å². The number of nitrogens with zero attached hydrogens (tertiary/aromatic N) is 1. The Morgan fingerprint density at radius 3 is 2.73 bits per heavy atom. The van der Waals surface area contributed by atoms with Gasteiger partial charge in [-0.2, -0.15) is 0 Å². The van der Waals surface area contributed by atoms with Crippen LogP contribution in [0.25, 0.3) is 11.3 Å². The van der Waals surface area contributed by atoms with Gasteiger partial charge in [0.2, 0.25) is 5.91 Å². The molecule has 0 aliphatic heterocycles. The molecule has 1 atom stereocenters. The summed E-state index contributed by atoms with van der Waals surface area (Å²) < 4.78 is 5.10. The van der Waals surface area contributed by atoms with E-state index in [0.717, 1.165) is 22.1 Å². The average molecular weight is 319 g/mol. The molecule has 1 amide bonds. The van der Waals surface area contributed by atoms with Gasteiger partial charge >= 0.3 is 0 Å². The first-order valence-corrected chi connectivity index (χ1v) is 8.11. The highest BCUT2D eigenvalue weighted by atomic mass is 32.1. The molecule has 1 aromatic carbocycles. The molecule has 5 nitrogen and oxygen atoms in total. The Morgan fingerprint density at radius 1 is 1.36 bits per heavy atom. The number of anilines is 2. The van der Waals surface area contributed by atoms with Gasteiger partial charge in [-0.1, -0.05) is 19.1 Å². The van der Waals surface area contributed by atoms with Crippen LogP contribution < -0.4 is 10.6 Å². The van der Waals surface area contributed by atoms with Gasteiger partial charge < -0.3 is 15.4 Å². The second kappa shape index (κ2) is 7.91. The molecule has 0 spiro atoms. The Balaban J connectivity index is 2.03. The first kappa shape index (κ1) is 16.5. The van der Waals surface area contributed by atoms with Crippen molar-refractivity contribution in [1.82, 2.24) is 4.98 Å². The second-order valence-corrected chi connectivity index (χ2v) is 5.88. The van der Waals surface area contributed by atoms with Crippen molar-refractivity contribution in [2.24, 2.45) is 0 Å². The molecular weight excluding hydrogens is 298 g/mol. The van der Waals surface area contributed by atoms with E-state index in [1.807, 2.05) is 36.6 Å². The minimum absolute atomic E-state index is 0.0139. The minimum atomic E-state index is 0.0139. The van der Waals surface area contributed by atoms with Gasteiger partial charge in [-0.05, 0) is 19.1 Å². The number of amides is 1. The van der Waals surface area contributed by atoms with Crippen molar-refractivity contribution in [3.63, 3.8) is 0 Å². The third kappa shape index (κ3) is 4.54. The summed E-state index contributed by atoms with van der Waals surface area (Å²) in [4.78, 5) is 15.9. The summed E-state index contributed by atoms with van der Waals surface area (Å²) in [5.74, 6) is 0.0139. The van der Waals surface area contributed by atoms with Gasteiger partial charge in [0.1, 0.15) is 0 Å². The molecule has 1 heterocycles. The van der Waals surface area contributed by atoms with Crippen LogP contribution in [0.3, 0.4) is 0 Å². The van der Waals surface area contributed by atoms with Gasteiger partial charge in [-0.3, -0.25) is 4.79 Å². The highest BCUT2D eigenvalue weighted by Crippen LogP contribution is 2.26. The molecule has 6 heteroatoms. The van der Waals surface area contributed by atoms with E-state index in [9.17, 15) is 4.79 Å². The summed E-state index contributed by atoms with van der Waals surface area (Å²) in [5.41, 5.74) is 2.75. The fourth-order valence-electron chi connectivity index (χ4n) is 1.95. The zero-order chi connectivity index (χ0) is 15.9. The number of hydrogen-bond acceptors (Lipinski definition) is 5. The molecule has 0 saturated carbocycles. The van der Waals surface area contributed by atoms with Crippen molar-refractivity contribution in [2.75, 3.05) is 24.4 Å². The van der Waals surface area contributed by atoms with E-state index in [2.05, 4.69) is 22.5 Å². The Labute approximate surface area is 134 Å². The summed E-state index contributed by atoms with van der Waals surface area (Å²) in [7, 11) is 1.68. The van der Waals surface area contributed by atoms with Crippen LogP contribution in [0, 0.1) is 0 Å². The highest BCUT2D eigenvalue weighted by Gasteiger charge is 2.08. The maximum atomic E-state index is 11.4. The van der Waals surface area contributed by atoms with Crippen LogP contribution >= 0.6 is 11.3 Å². The molecule has 22 heavy (non-hydrogen) atoms. The van der Waals surface area contributed by atoms with Crippen molar-refractivity contribution in [1.29, 1.82) is 0 Å². The second-order valence-electron chi connectivity index (χ2n) is 5.02. The Morgan fingerprint density at radius 2 is 2.09 bits per heavy atom. The fourth-order valence-corrected chi connectivity index (χ4v) is 2.78. The molecule has 0 aliphatic carbocycles. The number of hydrogen-bond donors (Lipinski definition) is 2. The molecule has 118 valence electrons. The molecule has 2 N–H and O–H groups in total. The third-order valence-corrected chi connectivity index (χ3v) is 3.85. The van der Waals surface area contributed by atoms with Gasteiger partial charge in [0.05, 0.1) is 12.3 Å². The highest BCUT2D eigenvalue weighted by molar-refractivity contribution is 7.14. The van der Waals surface area contributed by atoms with Crippen LogP contribution in [0.1, 0.15) is 20.3 Å². The molecule has 0 aliphatic rings. The molecule has 0 radical (unpaired) electrons. The summed E-state index contributed by atoms with van der Waals surface area (Å²) in [5, 5.41) is 9.03. The summed E-state index contributed by atoms with van der Waals surface area (Å²) in [6, 6.07) is 7.92. The number of thiazole rings is 1. The number of benzene rings is 1. The summed E-state index contributed by atoms with van der Waals surface area (Å²) in [6.45, 7) is 4.52. The average Bonchev–Trinajstić information content (AvgIpc) is 2.96. The van der Waals surface area contributed by atoms with E-state index in [0.29, 0.717) is 13.0 Å². The van der Waals surface area contributed by atoms with Crippen LogP contribution in [0.4, 0.5) is 10.8 Å². The van der Waals surface area contributed by atoms with Crippen LogP contribution in [-0.4, -0.2) is 30.6 Å². The fraction of sp³-hybridized carbons (Fsp3) is 0.375. The first-order valence-electron chi connectivity index (χ1n) is 7.23. The van der Waals surface area contributed by atoms with Crippen molar-refractivity contribution < 1.29 is 9.53 Å². The SMILES string of the molecule is CCC(=O)Nc1ccc(-c2csc(N[C@@H](C)COC)n2)cc1. The largest absolute Gasteiger partial charge is 0.383 e. The van der Waals surface area contributed by atoms with Gasteiger partial charge in [0.15, 0.2) is 5.13 Å². The quantitative estimate of drug-likeness (QED) is 0.818. The van der Waals surface area contributed by atoms with Gasteiger partial charge in [0, 0.05) is 36.2 Å². The maximum Gasteiger partial charge on any atom is 0.224 e. The van der Waals surface area contributed by atoms with Crippen molar-refractivity contribution in [3.8, 4) is 11.3 Å². The lowest BCUT2D eigenvalue weighted by atomic mass is 10.1. The maximum absolute atomic E-state index is 11.4. The predicted molar refractivity (Wildman–Crippen MR) is 91.4 cm³/mol. The van der Waals surface area contributed by atoms with E-state index in [1.165, 1.54) is 0 Å². The topological polar surface area (TPSA) is 63.2 Å². The molecule has 0 fully saturated rings. The molecule has 0 bridgehead atoms. The Hall–Kier alpha value is -1.92. The molecule has 2 aromatic rings. The van der Waals surface area contributed by atoms with Crippen LogP contribution in [0.15, 0.2) is 29.6 Å². The standard InChI is InChI=1S/C16H21N3O2S/c1-4-15(20)18-13-7-5-12(6-8-13)14-10-22-16(19-14)17-11(2)9-21-3/h5-8,10-11H,4,9H2,1-3H3,(H,17,19)(H,18,20)/t11-/m0/s1. The number of ether oxygens (including phenoxy) is 1. The van der Waals surface area contributed by atoms with Crippen LogP contribution in [0.2, 0.25) is 0 Å². The summed E-state index contributed by atoms with van der Waals surface area (Å²) in [6.07, 6.45) is 0.475. The first-order chi connectivity index (χ1) is 10.6. The number of nitrogens with one attached hydrogen (secondary N) is 2. The smallest absolute Gasteiger partial charge is 0.224 e. The third-order valence-electron chi connectivity index (χ3n) is 3.08. The minimum Gasteiger partial charge on any atom is -0.383 e. The Kier molecular flexibility index (Phi) is 5.91. The van der Waals surface area contributed by atoms with Crippen LogP contribution in [0.5, 0.6) is 0 Å². The molecule has 0 unspecified atom stereocenters. The summed E-state index contributed by atoms with van der Waals surface area (Å²) >= 11 is 1.57. The predicted octanol–water partition coefficient (Wildman–Crippen LogP) is 3.61. The number of carbonyl (C=O) groups excluding carboxylic acids is 1. The number of methoxy groups -OCH3 is 1. The van der Waals surface area contributed by atoms with E-state index < -0.39 is 0 Å². The van der Waals surface area contributed by atoms with Crippen LogP contribution in [-0.2, 0) is 9.53 Å². The van der Waals surface area contributed by atoms with E-state index in [4.69, 9.17) is 4.74 Å². The lowest BCUT2D eigenvalue weighted by Crippen LogP contribution is -2.20. The van der Waals surface area contributed by atoms with Gasteiger partial charge in [-0.15, -0.1) is 11.3 Å². The van der Waals surface area contributed by atoms with Crippen molar-refractivity contribution in [3.05, 3.63) is 29.6 Å². The number of rotatable bonds is 7. The van der Waals surface area contributed by atoms with Gasteiger partial charge in [0.25, 0.3) is 0 Å². The molecule has 0 saturated heterocycles. The lowest BCUT2D eigenvalue weighted by molar-refractivity contribution is -0.115. The van der Waals surface area contributed by atoms with Crippen molar-refractivity contribution >= 4 is 28.1 Å². The molecule has 1 aromatic heterocycles. The normalized spacial score (nSPS) is 12.0. The number of aromatic nitrogens is 1. The zero-order valence-electron chi connectivity index (χ0n) is 13.1. The Bertz CT molecular complexity index is 610. The number of carbonyl (C=O) groups is 1. The van der Waals surface area contributed by atoms with E-state index in [1.54, 1.807) is 18.4 Å². The molecule has 2 rings (SSSR count).